The molecule has 1 aromatic heterocycles. The number of carbonyl (C=O) groups is 1. The average molecular weight is 466 g/mol. The number of amides is 1. The SMILES string of the molecule is COc1ccc(SCC(=O)N(CCN(C)C)c2nc3c(OC)ccc(Cl)c3s2)cc1. The molecule has 0 saturated carbocycles. The minimum atomic E-state index is -0.00758. The first-order valence-electron chi connectivity index (χ1n) is 9.28. The van der Waals surface area contributed by atoms with Gasteiger partial charge in [-0.15, -0.1) is 11.8 Å². The summed E-state index contributed by atoms with van der Waals surface area (Å²) in [6, 6.07) is 11.2. The molecule has 6 nitrogen and oxygen atoms in total. The van der Waals surface area contributed by atoms with E-state index >= 15 is 0 Å². The molecule has 0 saturated heterocycles. The number of fused-ring (bicyclic) bond motifs is 1. The van der Waals surface area contributed by atoms with Gasteiger partial charge >= 0.3 is 0 Å². The highest BCUT2D eigenvalue weighted by molar-refractivity contribution is 8.00. The number of carbonyl (C=O) groups excluding carboxylic acids is 1. The number of halogens is 1. The summed E-state index contributed by atoms with van der Waals surface area (Å²) in [7, 11) is 7.19. The number of methoxy groups -OCH3 is 2. The molecule has 0 spiro atoms. The molecule has 0 bridgehead atoms. The van der Waals surface area contributed by atoms with Crippen LogP contribution in [-0.2, 0) is 4.79 Å². The molecule has 0 fully saturated rings. The largest absolute Gasteiger partial charge is 0.497 e. The number of nitrogens with zero attached hydrogens (tertiary/aromatic N) is 3. The zero-order valence-corrected chi connectivity index (χ0v) is 19.7. The first-order valence-corrected chi connectivity index (χ1v) is 11.5. The molecule has 0 radical (unpaired) electrons. The van der Waals surface area contributed by atoms with Gasteiger partial charge in [0.05, 0.1) is 29.7 Å². The summed E-state index contributed by atoms with van der Waals surface area (Å²) < 4.78 is 11.4. The summed E-state index contributed by atoms with van der Waals surface area (Å²) in [6.07, 6.45) is 0. The van der Waals surface area contributed by atoms with Crippen molar-refractivity contribution < 1.29 is 14.3 Å². The van der Waals surface area contributed by atoms with Gasteiger partial charge in [-0.05, 0) is 50.5 Å². The van der Waals surface area contributed by atoms with E-state index in [2.05, 4.69) is 0 Å². The number of ether oxygens (including phenoxy) is 2. The predicted octanol–water partition coefficient (Wildman–Crippen LogP) is 4.65. The summed E-state index contributed by atoms with van der Waals surface area (Å²) in [5, 5.41) is 1.22. The standard InChI is InChI=1S/C21H24ClN3O3S2/c1-24(2)11-12-25(18(26)13-29-15-7-5-14(27-3)6-8-15)21-23-19-17(28-4)10-9-16(22)20(19)30-21/h5-10H,11-13H2,1-4H3. The molecule has 0 N–H and O–H groups in total. The van der Waals surface area contributed by atoms with Crippen molar-refractivity contribution in [3.05, 3.63) is 41.4 Å². The van der Waals surface area contributed by atoms with Crippen molar-refractivity contribution in [2.24, 2.45) is 0 Å². The second-order valence-electron chi connectivity index (χ2n) is 6.74. The van der Waals surface area contributed by atoms with Gasteiger partial charge < -0.3 is 14.4 Å². The van der Waals surface area contributed by atoms with Crippen LogP contribution in [0.4, 0.5) is 5.13 Å². The van der Waals surface area contributed by atoms with E-state index in [0.717, 1.165) is 21.9 Å². The van der Waals surface area contributed by atoms with Crippen LogP contribution in [-0.4, -0.2) is 62.9 Å². The summed E-state index contributed by atoms with van der Waals surface area (Å²) >= 11 is 9.26. The normalized spacial score (nSPS) is 11.1. The Morgan fingerprint density at radius 1 is 1.10 bits per heavy atom. The number of hydrogen-bond donors (Lipinski definition) is 0. The van der Waals surface area contributed by atoms with Gasteiger partial charge in [-0.1, -0.05) is 22.9 Å². The van der Waals surface area contributed by atoms with E-state index in [9.17, 15) is 4.79 Å². The van der Waals surface area contributed by atoms with Crippen LogP contribution < -0.4 is 14.4 Å². The van der Waals surface area contributed by atoms with Gasteiger partial charge in [0.25, 0.3) is 0 Å². The molecule has 0 unspecified atom stereocenters. The second kappa shape index (κ2) is 10.3. The summed E-state index contributed by atoms with van der Waals surface area (Å²) in [6.45, 7) is 1.26. The molecule has 0 aliphatic heterocycles. The van der Waals surface area contributed by atoms with Crippen LogP contribution in [0.15, 0.2) is 41.3 Å². The molecule has 0 aliphatic rings. The minimum Gasteiger partial charge on any atom is -0.497 e. The number of likely N-dealkylation sites (N-methyl/N-ethyl adjacent to an activating group) is 1. The maximum Gasteiger partial charge on any atom is 0.239 e. The summed E-state index contributed by atoms with van der Waals surface area (Å²) in [5.74, 6) is 1.73. The molecule has 3 aromatic rings. The molecule has 0 aliphatic carbocycles. The molecule has 1 amide bonds. The molecule has 2 aromatic carbocycles. The highest BCUT2D eigenvalue weighted by Gasteiger charge is 2.22. The number of anilines is 1. The fourth-order valence-electron chi connectivity index (χ4n) is 2.74. The molecule has 9 heteroatoms. The predicted molar refractivity (Wildman–Crippen MR) is 126 cm³/mol. The van der Waals surface area contributed by atoms with Crippen LogP contribution in [0.25, 0.3) is 10.2 Å². The van der Waals surface area contributed by atoms with Gasteiger partial charge in [0.1, 0.15) is 17.0 Å². The van der Waals surface area contributed by atoms with Crippen molar-refractivity contribution >= 4 is 56.0 Å². The van der Waals surface area contributed by atoms with Gasteiger partial charge in [-0.25, -0.2) is 4.98 Å². The lowest BCUT2D eigenvalue weighted by molar-refractivity contribution is -0.116. The van der Waals surface area contributed by atoms with Crippen LogP contribution in [0.1, 0.15) is 0 Å². The van der Waals surface area contributed by atoms with Gasteiger partial charge in [-0.2, -0.15) is 0 Å². The van der Waals surface area contributed by atoms with Crippen LogP contribution in [0.5, 0.6) is 11.5 Å². The second-order valence-corrected chi connectivity index (χ2v) is 9.17. The van der Waals surface area contributed by atoms with Crippen molar-refractivity contribution in [3.63, 3.8) is 0 Å². The topological polar surface area (TPSA) is 54.9 Å². The minimum absolute atomic E-state index is 0.00758. The fourth-order valence-corrected chi connectivity index (χ4v) is 4.82. The average Bonchev–Trinajstić information content (AvgIpc) is 3.19. The third-order valence-electron chi connectivity index (χ3n) is 4.39. The molecule has 1 heterocycles. The van der Waals surface area contributed by atoms with Crippen LogP contribution >= 0.6 is 34.7 Å². The molecular formula is C21H24ClN3O3S2. The van der Waals surface area contributed by atoms with Gasteiger partial charge in [0, 0.05) is 18.0 Å². The molecule has 0 atom stereocenters. The smallest absolute Gasteiger partial charge is 0.239 e. The Balaban J connectivity index is 1.83. The summed E-state index contributed by atoms with van der Waals surface area (Å²) in [4.78, 5) is 22.6. The third-order valence-corrected chi connectivity index (χ3v) is 6.93. The highest BCUT2D eigenvalue weighted by atomic mass is 35.5. The van der Waals surface area contributed by atoms with Crippen LogP contribution in [0.3, 0.4) is 0 Å². The van der Waals surface area contributed by atoms with Crippen molar-refractivity contribution in [1.82, 2.24) is 9.88 Å². The number of hydrogen-bond acceptors (Lipinski definition) is 7. The first-order chi connectivity index (χ1) is 14.4. The Labute approximate surface area is 189 Å². The van der Waals surface area contributed by atoms with E-state index in [1.54, 1.807) is 31.3 Å². The van der Waals surface area contributed by atoms with E-state index < -0.39 is 0 Å². The monoisotopic (exact) mass is 465 g/mol. The highest BCUT2D eigenvalue weighted by Crippen LogP contribution is 2.39. The Bertz CT molecular complexity index is 1010. The Morgan fingerprint density at radius 2 is 1.83 bits per heavy atom. The Morgan fingerprint density at radius 3 is 2.47 bits per heavy atom. The number of thioether (sulfide) groups is 1. The van der Waals surface area contributed by atoms with Gasteiger partial charge in [-0.3, -0.25) is 9.69 Å². The van der Waals surface area contributed by atoms with E-state index in [0.29, 0.717) is 33.7 Å². The van der Waals surface area contributed by atoms with Gasteiger partial charge in [0.15, 0.2) is 5.13 Å². The molecule has 30 heavy (non-hydrogen) atoms. The van der Waals surface area contributed by atoms with Crippen LogP contribution in [0, 0.1) is 0 Å². The van der Waals surface area contributed by atoms with Crippen molar-refractivity contribution in [2.45, 2.75) is 4.90 Å². The third kappa shape index (κ3) is 5.37. The lowest BCUT2D eigenvalue weighted by Gasteiger charge is -2.21. The van der Waals surface area contributed by atoms with E-state index in [4.69, 9.17) is 26.1 Å². The van der Waals surface area contributed by atoms with E-state index in [-0.39, 0.29) is 5.91 Å². The Hall–Kier alpha value is -2.00. The Kier molecular flexibility index (Phi) is 7.82. The number of benzene rings is 2. The number of thiazole rings is 1. The number of rotatable bonds is 9. The molecule has 160 valence electrons. The zero-order valence-electron chi connectivity index (χ0n) is 17.3. The zero-order chi connectivity index (χ0) is 21.7. The fraction of sp³-hybridized carbons (Fsp3) is 0.333. The summed E-state index contributed by atoms with van der Waals surface area (Å²) in [5.41, 5.74) is 0.676. The van der Waals surface area contributed by atoms with Gasteiger partial charge in [0.2, 0.25) is 5.91 Å². The van der Waals surface area contributed by atoms with Crippen molar-refractivity contribution in [1.29, 1.82) is 0 Å². The van der Waals surface area contributed by atoms with E-state index in [1.165, 1.54) is 23.1 Å². The lowest BCUT2D eigenvalue weighted by Crippen LogP contribution is -2.37. The molecule has 3 rings (SSSR count). The van der Waals surface area contributed by atoms with Crippen molar-refractivity contribution in [2.75, 3.05) is 52.1 Å². The first kappa shape index (κ1) is 22.7. The lowest BCUT2D eigenvalue weighted by atomic mass is 10.3. The maximum atomic E-state index is 13.1. The van der Waals surface area contributed by atoms with Crippen LogP contribution in [0.2, 0.25) is 5.02 Å². The molecular weight excluding hydrogens is 442 g/mol. The number of aromatic nitrogens is 1. The van der Waals surface area contributed by atoms with E-state index in [1.807, 2.05) is 43.3 Å². The van der Waals surface area contributed by atoms with Crippen molar-refractivity contribution in [3.8, 4) is 11.5 Å². The quantitative estimate of drug-likeness (QED) is 0.428. The maximum absolute atomic E-state index is 13.1.